The highest BCUT2D eigenvalue weighted by Crippen LogP contribution is 2.54. The Morgan fingerprint density at radius 1 is 0.308 bits per heavy atom. The summed E-state index contributed by atoms with van der Waals surface area (Å²) in [6, 6.07) is 55.0. The first kappa shape index (κ1) is 110. The monoisotopic (exact) mass is 2020 g/mol. The number of para-hydroxylation sites is 1. The predicted molar refractivity (Wildman–Crippen MR) is 538 cm³/mol. The van der Waals surface area contributed by atoms with Gasteiger partial charge in [-0.3, -0.25) is 38.4 Å². The average Bonchev–Trinajstić information content (AvgIpc) is 1.56. The number of halogens is 11. The maximum atomic E-state index is 13.7. The molecule has 4 saturated carbocycles. The summed E-state index contributed by atoms with van der Waals surface area (Å²) in [6.45, 7) is 7.14. The number of likely N-dealkylation sites (N-methyl/N-ethyl adjacent to an activating group) is 1. The molecule has 146 heavy (non-hydrogen) atoms. The Balaban J connectivity index is 0.000000154. The van der Waals surface area contributed by atoms with Crippen LogP contribution in [0, 0.1) is 52.8 Å². The molecule has 30 heteroatoms. The molecule has 9 aromatic rings. The molecule has 8 aliphatic rings. The molecule has 0 unspecified atom stereocenters. The third kappa shape index (κ3) is 33.2. The summed E-state index contributed by atoms with van der Waals surface area (Å²) in [5.41, 5.74) is 6.39. The SMILES string of the molecule is CN1CCN(C(=O)[C@H](CCCCC[C@H]2C[C@@H]2c2ccc(F)cc2)NC(=O)c2ccc(C(F)(F)F)cc2)CC1.O=C(N[C@@H](CCCCC[C@H]1C[C@@H]1c1ccc(F)cc1)C(=O)N1CCCc2ccccc21)c1ccccc1.O=C(N[C@@H](CCCCC[C@H]1C[C@@H]1c1ccc(F)cc1)C(=O)N1CCOCC1)c1ccc(C(F)(F)F)cc1.O=C(N[C@@H](CCCCC[C@H]1C[C@@H]1c1ccc(F)cc1)C(=O)N1CCOCC1)c1ccc(F)cc1. The predicted octanol–water partition coefficient (Wildman–Crippen LogP) is 22.4. The molecule has 0 aromatic heterocycles. The van der Waals surface area contributed by atoms with Crippen molar-refractivity contribution in [1.82, 2.24) is 40.9 Å². The first-order valence-corrected chi connectivity index (χ1v) is 51.9. The smallest absolute Gasteiger partial charge is 0.378 e. The molecule has 7 fully saturated rings. The number of hydrogen-bond donors (Lipinski definition) is 4. The fourth-order valence-electron chi connectivity index (χ4n) is 20.5. The van der Waals surface area contributed by atoms with E-state index in [2.05, 4.69) is 32.2 Å². The number of alkyl halides is 6. The molecular formula is C116H134F11N9O10. The second-order valence-electron chi connectivity index (χ2n) is 40.0. The summed E-state index contributed by atoms with van der Waals surface area (Å²) in [6.07, 6.45) is 15.2. The lowest BCUT2D eigenvalue weighted by Gasteiger charge is -2.34. The van der Waals surface area contributed by atoms with E-state index in [1.807, 2.05) is 96.9 Å². The topological polar surface area (TPSA) is 219 Å². The quantitative estimate of drug-likeness (QED) is 0.0209. The fourth-order valence-corrected chi connectivity index (χ4v) is 20.5. The highest BCUT2D eigenvalue weighted by molar-refractivity contribution is 6.03. The number of amides is 8. The van der Waals surface area contributed by atoms with E-state index in [1.54, 1.807) is 39.0 Å². The minimum absolute atomic E-state index is 0.0185. The molecule has 0 radical (unpaired) electrons. The van der Waals surface area contributed by atoms with Crippen molar-refractivity contribution in [3.63, 3.8) is 0 Å². The van der Waals surface area contributed by atoms with Crippen LogP contribution in [0.3, 0.4) is 0 Å². The van der Waals surface area contributed by atoms with Gasteiger partial charge in [0, 0.05) is 86.8 Å². The van der Waals surface area contributed by atoms with E-state index >= 15 is 0 Å². The second-order valence-corrected chi connectivity index (χ2v) is 40.0. The van der Waals surface area contributed by atoms with Crippen LogP contribution in [-0.4, -0.2) is 183 Å². The largest absolute Gasteiger partial charge is 0.416 e. The van der Waals surface area contributed by atoms with Gasteiger partial charge in [0.25, 0.3) is 23.6 Å². The van der Waals surface area contributed by atoms with Gasteiger partial charge in [0.1, 0.15) is 53.3 Å². The number of aryl methyl sites for hydroxylation is 1. The Bertz CT molecular complexity index is 5700. The normalized spacial score (nSPS) is 20.2. The van der Waals surface area contributed by atoms with Crippen molar-refractivity contribution in [1.29, 1.82) is 0 Å². The van der Waals surface area contributed by atoms with Crippen molar-refractivity contribution in [2.45, 2.75) is 227 Å². The van der Waals surface area contributed by atoms with E-state index in [0.29, 0.717) is 156 Å². The van der Waals surface area contributed by atoms with Gasteiger partial charge in [0.05, 0.1) is 37.6 Å². The minimum Gasteiger partial charge on any atom is -0.378 e. The zero-order chi connectivity index (χ0) is 103. The van der Waals surface area contributed by atoms with Crippen LogP contribution in [0.25, 0.3) is 0 Å². The highest BCUT2D eigenvalue weighted by atomic mass is 19.4. The number of carbonyl (C=O) groups excluding carboxylic acids is 8. The molecule has 4 aliphatic heterocycles. The lowest BCUT2D eigenvalue weighted by Crippen LogP contribution is -2.54. The second kappa shape index (κ2) is 53.5. The molecule has 4 aliphatic carbocycles. The number of nitrogens with zero attached hydrogens (tertiary/aromatic N) is 5. The standard InChI is InChI=1S/C32H35FN2O2.C29H35F4N3O2.C28H32F4N2O3.C27H32F2N2O3/c33-27-19-17-23(18-20-27)28-22-26(28)13-5-2-6-15-29(34-31(36)25-11-3-1-4-12-25)32(37)35-21-9-14-24-10-7-8-16-30(24)35;1-35-15-17-36(18-16-35)28(38)26(34-27(37)21-7-11-23(12-8-21)29(31,32)33)6-4-2-3-5-22-19-25(22)20-9-13-24(30)14-10-20;29-23-12-8-19(9-13-23)24-18-21(24)4-2-1-3-5-25(27(36)34-14-16-37-17-15-34)33-26(35)20-6-10-22(11-7-20)28(30,31)32;28-22-10-6-19(7-11-22)24-18-21(24)4-2-1-3-5-25(27(33)31-14-16-34-17-15-31)30-26(32)20-8-12-23(29)13-9-20/h1,3-4,7-8,10-12,16-20,26,28-29H,2,5-6,9,13-15,21-22H2,(H,34,36);7-14,22,25-26H,2-6,15-19H2,1H3,(H,34,37);6-13,21,24-25H,1-5,14-18H2,(H,33,35);6-13,21,24-25H,1-5,14-18H2,(H,30,32)/t26-,28+,29-;22-,25+,26-;2*21-,24+,25-/m0000/s1. The van der Waals surface area contributed by atoms with Gasteiger partial charge in [-0.25, -0.2) is 22.0 Å². The van der Waals surface area contributed by atoms with E-state index in [9.17, 15) is 86.7 Å². The Labute approximate surface area is 848 Å². The first-order chi connectivity index (χ1) is 70.4. The van der Waals surface area contributed by atoms with Crippen LogP contribution in [0.2, 0.25) is 0 Å². The summed E-state index contributed by atoms with van der Waals surface area (Å²) < 4.78 is 154. The summed E-state index contributed by atoms with van der Waals surface area (Å²) in [5.74, 6) is 1.20. The molecular weight excluding hydrogens is 1890 g/mol. The molecule has 0 spiro atoms. The lowest BCUT2D eigenvalue weighted by molar-refractivity contribution is -0.138. The maximum absolute atomic E-state index is 13.7. The molecule has 8 amide bonds. The molecule has 780 valence electrons. The van der Waals surface area contributed by atoms with E-state index in [1.165, 1.54) is 94.9 Å². The molecule has 12 atom stereocenters. The Kier molecular flexibility index (Phi) is 40.1. The van der Waals surface area contributed by atoms with Crippen LogP contribution in [0.5, 0.6) is 0 Å². The minimum atomic E-state index is -4.48. The van der Waals surface area contributed by atoms with E-state index in [0.717, 1.165) is 202 Å². The number of hydrogen-bond acceptors (Lipinski definition) is 11. The number of piperazine rings is 1. The number of morpholine rings is 2. The van der Waals surface area contributed by atoms with Gasteiger partial charge in [-0.2, -0.15) is 26.3 Å². The number of ether oxygens (including phenoxy) is 2. The number of anilines is 1. The van der Waals surface area contributed by atoms with Crippen molar-refractivity contribution in [2.24, 2.45) is 23.7 Å². The zero-order valence-corrected chi connectivity index (χ0v) is 82.8. The number of carbonyl (C=O) groups is 8. The third-order valence-corrected chi connectivity index (χ3v) is 29.5. The van der Waals surface area contributed by atoms with Gasteiger partial charge in [-0.15, -0.1) is 0 Å². The number of fused-ring (bicyclic) bond motifs is 1. The zero-order valence-electron chi connectivity index (χ0n) is 82.8. The van der Waals surface area contributed by atoms with Crippen molar-refractivity contribution >= 4 is 52.9 Å². The van der Waals surface area contributed by atoms with E-state index in [4.69, 9.17) is 9.47 Å². The molecule has 19 nitrogen and oxygen atoms in total. The molecule has 4 heterocycles. The van der Waals surface area contributed by atoms with Crippen LogP contribution in [0.1, 0.15) is 265 Å². The molecule has 17 rings (SSSR count). The highest BCUT2D eigenvalue weighted by Gasteiger charge is 2.43. The molecule has 0 bridgehead atoms. The molecule has 3 saturated heterocycles. The van der Waals surface area contributed by atoms with Crippen LogP contribution in [0.15, 0.2) is 224 Å². The van der Waals surface area contributed by atoms with Gasteiger partial charge in [0.15, 0.2) is 0 Å². The fraction of sp³-hybridized carbons (Fsp3) is 0.466. The first-order valence-electron chi connectivity index (χ1n) is 51.9. The lowest BCUT2D eigenvalue weighted by atomic mass is 9.99. The molecule has 4 N–H and O–H groups in total. The number of benzene rings is 9. The van der Waals surface area contributed by atoms with E-state index in [-0.39, 0.29) is 69.8 Å². The van der Waals surface area contributed by atoms with Crippen LogP contribution in [-0.2, 0) is 47.4 Å². The van der Waals surface area contributed by atoms with Gasteiger partial charge in [-0.05, 0) is 312 Å². The summed E-state index contributed by atoms with van der Waals surface area (Å²) in [7, 11) is 1.99. The third-order valence-electron chi connectivity index (χ3n) is 29.5. The summed E-state index contributed by atoms with van der Waals surface area (Å²) in [4.78, 5) is 114. The Morgan fingerprint density at radius 2 is 0.582 bits per heavy atom. The van der Waals surface area contributed by atoms with Gasteiger partial charge in [0.2, 0.25) is 23.6 Å². The van der Waals surface area contributed by atoms with Crippen LogP contribution < -0.4 is 26.2 Å². The Hall–Kier alpha value is -12.2. The van der Waals surface area contributed by atoms with Gasteiger partial charge >= 0.3 is 12.4 Å². The van der Waals surface area contributed by atoms with Crippen molar-refractivity contribution in [3.8, 4) is 0 Å². The molecule has 9 aromatic carbocycles. The van der Waals surface area contributed by atoms with Crippen molar-refractivity contribution in [3.05, 3.63) is 315 Å². The number of rotatable bonds is 40. The maximum Gasteiger partial charge on any atom is 0.416 e. The van der Waals surface area contributed by atoms with Gasteiger partial charge < -0.3 is 55.2 Å². The van der Waals surface area contributed by atoms with Crippen LogP contribution >= 0.6 is 0 Å². The number of unbranched alkanes of at least 4 members (excludes halogenated alkanes) is 8. The van der Waals surface area contributed by atoms with Gasteiger partial charge in [-0.1, -0.05) is 162 Å². The van der Waals surface area contributed by atoms with Crippen LogP contribution in [0.4, 0.5) is 54.0 Å². The van der Waals surface area contributed by atoms with Crippen molar-refractivity contribution in [2.75, 3.05) is 97.3 Å². The van der Waals surface area contributed by atoms with E-state index < -0.39 is 65.3 Å². The summed E-state index contributed by atoms with van der Waals surface area (Å²) >= 11 is 0. The summed E-state index contributed by atoms with van der Waals surface area (Å²) in [5, 5.41) is 11.5. The number of nitrogens with one attached hydrogen (secondary N) is 4. The average molecular weight is 2020 g/mol. The Morgan fingerprint density at radius 3 is 0.897 bits per heavy atom. The van der Waals surface area contributed by atoms with Crippen molar-refractivity contribution < 1.29 is 96.1 Å².